The molecule has 0 aliphatic carbocycles. The molecule has 0 spiro atoms. The van der Waals surface area contributed by atoms with Gasteiger partial charge in [0, 0.05) is 13.1 Å². The summed E-state index contributed by atoms with van der Waals surface area (Å²) in [7, 11) is -3.70. The van der Waals surface area contributed by atoms with Gasteiger partial charge in [-0.3, -0.25) is 4.79 Å². The second kappa shape index (κ2) is 8.88. The number of hydrogen-bond acceptors (Lipinski definition) is 3. The van der Waals surface area contributed by atoms with Crippen molar-refractivity contribution in [1.82, 2.24) is 9.62 Å². The molecule has 1 aliphatic rings. The van der Waals surface area contributed by atoms with E-state index in [2.05, 4.69) is 5.32 Å². The van der Waals surface area contributed by atoms with Crippen LogP contribution in [0.2, 0.25) is 0 Å². The zero-order valence-corrected chi connectivity index (χ0v) is 17.2. The molecule has 0 unspecified atom stereocenters. The van der Waals surface area contributed by atoms with Gasteiger partial charge in [-0.15, -0.1) is 0 Å². The molecule has 28 heavy (non-hydrogen) atoms. The number of hydrogen-bond donors (Lipinski definition) is 1. The maximum absolute atomic E-state index is 13.4. The number of rotatable bonds is 6. The number of piperidine rings is 1. The highest BCUT2D eigenvalue weighted by Gasteiger charge is 2.39. The van der Waals surface area contributed by atoms with Gasteiger partial charge < -0.3 is 5.32 Å². The van der Waals surface area contributed by atoms with Crippen molar-refractivity contribution < 1.29 is 13.2 Å². The van der Waals surface area contributed by atoms with E-state index in [-0.39, 0.29) is 29.3 Å². The van der Waals surface area contributed by atoms with E-state index in [0.29, 0.717) is 25.3 Å². The molecular weight excluding hydrogens is 372 g/mol. The van der Waals surface area contributed by atoms with Gasteiger partial charge in [-0.2, -0.15) is 4.31 Å². The number of amides is 1. The summed E-state index contributed by atoms with van der Waals surface area (Å²) in [6.45, 7) is 4.88. The van der Waals surface area contributed by atoms with Crippen molar-refractivity contribution in [3.05, 3.63) is 66.2 Å². The summed E-state index contributed by atoms with van der Waals surface area (Å²) in [5, 5.41) is 2.96. The predicted octanol–water partition coefficient (Wildman–Crippen LogP) is 3.60. The van der Waals surface area contributed by atoms with Crippen LogP contribution in [0.3, 0.4) is 0 Å². The van der Waals surface area contributed by atoms with Crippen molar-refractivity contribution in [2.45, 2.75) is 37.6 Å². The Morgan fingerprint density at radius 3 is 2.25 bits per heavy atom. The lowest BCUT2D eigenvalue weighted by Crippen LogP contribution is -2.47. The SMILES string of the molecule is CC(C)CNC(=O)[C@@H]1CC[C@H](c2ccccc2)N(S(=O)(=O)c2ccccc2)C1. The smallest absolute Gasteiger partial charge is 0.243 e. The summed E-state index contributed by atoms with van der Waals surface area (Å²) in [6, 6.07) is 17.9. The average Bonchev–Trinajstić information content (AvgIpc) is 2.72. The molecule has 2 aromatic carbocycles. The van der Waals surface area contributed by atoms with Crippen LogP contribution >= 0.6 is 0 Å². The zero-order chi connectivity index (χ0) is 20.1. The maximum Gasteiger partial charge on any atom is 0.243 e. The van der Waals surface area contributed by atoms with Gasteiger partial charge in [0.1, 0.15) is 0 Å². The van der Waals surface area contributed by atoms with E-state index < -0.39 is 10.0 Å². The number of carbonyl (C=O) groups is 1. The van der Waals surface area contributed by atoms with Crippen LogP contribution in [-0.4, -0.2) is 31.7 Å². The van der Waals surface area contributed by atoms with Gasteiger partial charge >= 0.3 is 0 Å². The highest BCUT2D eigenvalue weighted by Crippen LogP contribution is 2.37. The molecule has 2 aromatic rings. The molecule has 1 saturated heterocycles. The van der Waals surface area contributed by atoms with Crippen LogP contribution in [0.4, 0.5) is 0 Å². The first-order valence-electron chi connectivity index (χ1n) is 9.79. The minimum atomic E-state index is -3.70. The van der Waals surface area contributed by atoms with Crippen LogP contribution in [0.1, 0.15) is 38.3 Å². The fraction of sp³-hybridized carbons (Fsp3) is 0.409. The molecule has 1 fully saturated rings. The molecule has 0 saturated carbocycles. The highest BCUT2D eigenvalue weighted by atomic mass is 32.2. The van der Waals surface area contributed by atoms with Gasteiger partial charge in [0.2, 0.25) is 15.9 Å². The number of nitrogens with zero attached hydrogens (tertiary/aromatic N) is 1. The number of benzene rings is 2. The fourth-order valence-corrected chi connectivity index (χ4v) is 5.31. The van der Waals surface area contributed by atoms with Crippen molar-refractivity contribution >= 4 is 15.9 Å². The third-order valence-corrected chi connectivity index (χ3v) is 7.01. The molecule has 150 valence electrons. The van der Waals surface area contributed by atoms with Crippen LogP contribution in [0.25, 0.3) is 0 Å². The van der Waals surface area contributed by atoms with E-state index in [1.165, 1.54) is 4.31 Å². The third kappa shape index (κ3) is 4.62. The molecule has 0 bridgehead atoms. The summed E-state index contributed by atoms with van der Waals surface area (Å²) in [4.78, 5) is 12.9. The van der Waals surface area contributed by atoms with Gasteiger partial charge in [-0.05, 0) is 36.5 Å². The van der Waals surface area contributed by atoms with Gasteiger partial charge in [0.05, 0.1) is 16.9 Å². The van der Waals surface area contributed by atoms with E-state index in [1.807, 2.05) is 44.2 Å². The minimum Gasteiger partial charge on any atom is -0.356 e. The monoisotopic (exact) mass is 400 g/mol. The number of carbonyl (C=O) groups excluding carboxylic acids is 1. The second-order valence-corrected chi connectivity index (χ2v) is 9.62. The van der Waals surface area contributed by atoms with Crippen molar-refractivity contribution in [3.8, 4) is 0 Å². The summed E-state index contributed by atoms with van der Waals surface area (Å²) in [6.07, 6.45) is 1.29. The standard InChI is InChI=1S/C22H28N2O3S/c1-17(2)15-23-22(25)19-13-14-21(18-9-5-3-6-10-18)24(16-19)28(26,27)20-11-7-4-8-12-20/h3-12,17,19,21H,13-16H2,1-2H3,(H,23,25)/t19-,21-/m1/s1. The number of sulfonamides is 1. The molecular formula is C22H28N2O3S. The normalized spacial score (nSPS) is 20.8. The van der Waals surface area contributed by atoms with Crippen LogP contribution in [0, 0.1) is 11.8 Å². The molecule has 0 aromatic heterocycles. The lowest BCUT2D eigenvalue weighted by molar-refractivity contribution is -0.126. The Kier molecular flexibility index (Phi) is 6.52. The minimum absolute atomic E-state index is 0.0616. The molecule has 0 radical (unpaired) electrons. The first-order valence-corrected chi connectivity index (χ1v) is 11.2. The van der Waals surface area contributed by atoms with E-state index in [0.717, 1.165) is 5.56 Å². The maximum atomic E-state index is 13.4. The van der Waals surface area contributed by atoms with Crippen LogP contribution in [0.15, 0.2) is 65.6 Å². The molecule has 1 N–H and O–H groups in total. The summed E-state index contributed by atoms with van der Waals surface area (Å²) in [5.74, 6) is -0.0422. The van der Waals surface area contributed by atoms with E-state index in [9.17, 15) is 13.2 Å². The Bertz CT molecular complexity index is 883. The molecule has 1 heterocycles. The molecule has 1 amide bonds. The largest absolute Gasteiger partial charge is 0.356 e. The first kappa shape index (κ1) is 20.6. The highest BCUT2D eigenvalue weighted by molar-refractivity contribution is 7.89. The van der Waals surface area contributed by atoms with Gasteiger partial charge in [-0.25, -0.2) is 8.42 Å². The summed E-state index contributed by atoms with van der Waals surface area (Å²) >= 11 is 0. The van der Waals surface area contributed by atoms with Crippen LogP contribution < -0.4 is 5.32 Å². The molecule has 1 aliphatic heterocycles. The third-order valence-electron chi connectivity index (χ3n) is 5.13. The van der Waals surface area contributed by atoms with Gasteiger partial charge in [-0.1, -0.05) is 62.4 Å². The van der Waals surface area contributed by atoms with Crippen LogP contribution in [0.5, 0.6) is 0 Å². The van der Waals surface area contributed by atoms with Crippen molar-refractivity contribution in [2.24, 2.45) is 11.8 Å². The van der Waals surface area contributed by atoms with E-state index in [4.69, 9.17) is 0 Å². The topological polar surface area (TPSA) is 66.5 Å². The Morgan fingerprint density at radius 1 is 1.04 bits per heavy atom. The molecule has 3 rings (SSSR count). The van der Waals surface area contributed by atoms with Gasteiger partial charge in [0.15, 0.2) is 0 Å². The second-order valence-electron chi connectivity index (χ2n) is 7.73. The van der Waals surface area contributed by atoms with Crippen LogP contribution in [-0.2, 0) is 14.8 Å². The quantitative estimate of drug-likeness (QED) is 0.806. The van der Waals surface area contributed by atoms with Gasteiger partial charge in [0.25, 0.3) is 0 Å². The number of nitrogens with one attached hydrogen (secondary N) is 1. The first-order chi connectivity index (χ1) is 13.4. The Labute approximate surface area is 167 Å². The molecule has 5 nitrogen and oxygen atoms in total. The summed E-state index contributed by atoms with van der Waals surface area (Å²) < 4.78 is 28.3. The van der Waals surface area contributed by atoms with Crippen molar-refractivity contribution in [1.29, 1.82) is 0 Å². The lowest BCUT2D eigenvalue weighted by atomic mass is 9.90. The van der Waals surface area contributed by atoms with Crippen molar-refractivity contribution in [3.63, 3.8) is 0 Å². The Balaban J connectivity index is 1.90. The Hall–Kier alpha value is -2.18. The zero-order valence-electron chi connectivity index (χ0n) is 16.4. The Morgan fingerprint density at radius 2 is 1.64 bits per heavy atom. The fourth-order valence-electron chi connectivity index (χ4n) is 3.60. The average molecular weight is 401 g/mol. The predicted molar refractivity (Wildman–Crippen MR) is 110 cm³/mol. The molecule has 2 atom stereocenters. The van der Waals surface area contributed by atoms with E-state index >= 15 is 0 Å². The lowest BCUT2D eigenvalue weighted by Gasteiger charge is -2.38. The van der Waals surface area contributed by atoms with E-state index in [1.54, 1.807) is 30.3 Å². The van der Waals surface area contributed by atoms with Crippen molar-refractivity contribution in [2.75, 3.05) is 13.1 Å². The summed E-state index contributed by atoms with van der Waals surface area (Å²) in [5.41, 5.74) is 0.961. The molecule has 6 heteroatoms.